The number of carbonyl (C=O) groups is 1. The van der Waals surface area contributed by atoms with Crippen molar-refractivity contribution in [3.63, 3.8) is 0 Å². The van der Waals surface area contributed by atoms with Gasteiger partial charge >= 0.3 is 0 Å². The molecular formula is C14H13N3O. The number of carbonyl (C=O) groups excluding carboxylic acids is 1. The van der Waals surface area contributed by atoms with E-state index in [0.717, 1.165) is 11.3 Å². The highest BCUT2D eigenvalue weighted by molar-refractivity contribution is 6.03. The number of hydrogen-bond donors (Lipinski definition) is 1. The molecule has 1 aromatic heterocycles. The minimum absolute atomic E-state index is 0.439. The zero-order valence-electron chi connectivity index (χ0n) is 10.1. The van der Waals surface area contributed by atoms with Crippen LogP contribution in [0.4, 0.5) is 5.69 Å². The maximum absolute atomic E-state index is 11.1. The van der Waals surface area contributed by atoms with E-state index >= 15 is 0 Å². The summed E-state index contributed by atoms with van der Waals surface area (Å²) in [5, 5.41) is 2.62. The molecule has 18 heavy (non-hydrogen) atoms. The van der Waals surface area contributed by atoms with E-state index in [4.69, 9.17) is 6.42 Å². The van der Waals surface area contributed by atoms with Gasteiger partial charge in [0, 0.05) is 18.4 Å². The predicted molar refractivity (Wildman–Crippen MR) is 70.0 cm³/mol. The fourth-order valence-electron chi connectivity index (χ4n) is 1.68. The van der Waals surface area contributed by atoms with Gasteiger partial charge in [-0.25, -0.2) is 4.98 Å². The first-order chi connectivity index (χ1) is 8.67. The quantitative estimate of drug-likeness (QED) is 0.830. The maximum Gasteiger partial charge on any atom is 0.300 e. The number of nitrogens with one attached hydrogen (secondary N) is 1. The van der Waals surface area contributed by atoms with Crippen LogP contribution >= 0.6 is 0 Å². The Hall–Kier alpha value is -2.54. The number of anilines is 1. The van der Waals surface area contributed by atoms with Crippen LogP contribution in [0.1, 0.15) is 11.3 Å². The number of hydrogen-bond acceptors (Lipinski definition) is 2. The Bertz CT molecular complexity index is 607. The van der Waals surface area contributed by atoms with Crippen molar-refractivity contribution in [2.45, 2.75) is 13.5 Å². The van der Waals surface area contributed by atoms with Crippen molar-refractivity contribution < 1.29 is 4.79 Å². The molecule has 0 spiro atoms. The molecule has 1 amide bonds. The number of nitrogens with zero attached hydrogens (tertiary/aromatic N) is 2. The molecule has 0 unspecified atom stereocenters. The summed E-state index contributed by atoms with van der Waals surface area (Å²) in [6.45, 7) is 2.65. The molecule has 4 heteroatoms. The summed E-state index contributed by atoms with van der Waals surface area (Å²) in [5.41, 5.74) is 2.75. The van der Waals surface area contributed by atoms with Gasteiger partial charge in [0.15, 0.2) is 0 Å². The van der Waals surface area contributed by atoms with E-state index in [9.17, 15) is 4.79 Å². The van der Waals surface area contributed by atoms with Gasteiger partial charge in [-0.1, -0.05) is 12.1 Å². The summed E-state index contributed by atoms with van der Waals surface area (Å²) in [5.74, 6) is 1.58. The summed E-state index contributed by atoms with van der Waals surface area (Å²) in [4.78, 5) is 15.3. The van der Waals surface area contributed by atoms with E-state index in [1.54, 1.807) is 12.4 Å². The Balaban J connectivity index is 2.12. The van der Waals surface area contributed by atoms with Crippen molar-refractivity contribution in [3.8, 4) is 12.3 Å². The van der Waals surface area contributed by atoms with Crippen LogP contribution < -0.4 is 5.32 Å². The molecule has 0 atom stereocenters. The Morgan fingerprint density at radius 2 is 2.39 bits per heavy atom. The Labute approximate surface area is 106 Å². The number of amides is 1. The van der Waals surface area contributed by atoms with Gasteiger partial charge in [0.2, 0.25) is 0 Å². The first kappa shape index (κ1) is 11.9. The third-order valence-corrected chi connectivity index (χ3v) is 2.44. The maximum atomic E-state index is 11.1. The van der Waals surface area contributed by atoms with Crippen molar-refractivity contribution >= 4 is 11.6 Å². The van der Waals surface area contributed by atoms with Gasteiger partial charge in [0.05, 0.1) is 12.0 Å². The Morgan fingerprint density at radius 3 is 3.06 bits per heavy atom. The number of benzene rings is 1. The number of aromatic nitrogens is 2. The zero-order chi connectivity index (χ0) is 13.0. The molecule has 0 saturated heterocycles. The molecule has 0 saturated carbocycles. The molecule has 90 valence electrons. The van der Waals surface area contributed by atoms with Gasteiger partial charge in [-0.05, 0) is 30.5 Å². The molecule has 0 aliphatic heterocycles. The van der Waals surface area contributed by atoms with Gasteiger partial charge in [0.25, 0.3) is 5.91 Å². The molecule has 0 bridgehead atoms. The molecule has 2 rings (SSSR count). The lowest BCUT2D eigenvalue weighted by Crippen LogP contribution is -2.08. The average molecular weight is 239 g/mol. The van der Waals surface area contributed by atoms with Gasteiger partial charge in [-0.3, -0.25) is 4.79 Å². The van der Waals surface area contributed by atoms with Crippen LogP contribution in [-0.2, 0) is 11.3 Å². The van der Waals surface area contributed by atoms with Crippen molar-refractivity contribution in [2.24, 2.45) is 0 Å². The molecule has 0 radical (unpaired) electrons. The predicted octanol–water partition coefficient (Wildman–Crippen LogP) is 1.81. The Morgan fingerprint density at radius 1 is 1.56 bits per heavy atom. The SMILES string of the molecule is C#CC(=O)Nc1cccc(Cn2cnc(C)c2)c1. The van der Waals surface area contributed by atoms with Gasteiger partial charge in [-0.15, -0.1) is 6.42 Å². The van der Waals surface area contributed by atoms with E-state index in [0.29, 0.717) is 12.2 Å². The molecule has 0 aliphatic rings. The molecule has 0 aliphatic carbocycles. The molecule has 1 heterocycles. The van der Waals surface area contributed by atoms with Crippen LogP contribution in [0.5, 0.6) is 0 Å². The highest BCUT2D eigenvalue weighted by Crippen LogP contribution is 2.12. The first-order valence-electron chi connectivity index (χ1n) is 5.52. The Kier molecular flexibility index (Phi) is 3.44. The van der Waals surface area contributed by atoms with Gasteiger partial charge in [-0.2, -0.15) is 0 Å². The zero-order valence-corrected chi connectivity index (χ0v) is 10.1. The highest BCUT2D eigenvalue weighted by Gasteiger charge is 2.00. The summed E-state index contributed by atoms with van der Waals surface area (Å²) < 4.78 is 1.98. The monoisotopic (exact) mass is 239 g/mol. The average Bonchev–Trinajstić information content (AvgIpc) is 2.75. The normalized spacial score (nSPS) is 9.78. The fourth-order valence-corrected chi connectivity index (χ4v) is 1.68. The van der Waals surface area contributed by atoms with Crippen molar-refractivity contribution in [3.05, 3.63) is 48.0 Å². The van der Waals surface area contributed by atoms with Crippen molar-refractivity contribution in [1.82, 2.24) is 9.55 Å². The molecule has 0 fully saturated rings. The molecule has 1 N–H and O–H groups in total. The minimum atomic E-state index is -0.439. The number of imidazole rings is 1. The second-order valence-electron chi connectivity index (χ2n) is 3.99. The highest BCUT2D eigenvalue weighted by atomic mass is 16.1. The second-order valence-corrected chi connectivity index (χ2v) is 3.99. The molecule has 2 aromatic rings. The molecule has 1 aromatic carbocycles. The number of terminal acetylenes is 1. The van der Waals surface area contributed by atoms with Crippen LogP contribution in [0.25, 0.3) is 0 Å². The molecule has 4 nitrogen and oxygen atoms in total. The van der Waals surface area contributed by atoms with Crippen molar-refractivity contribution in [1.29, 1.82) is 0 Å². The summed E-state index contributed by atoms with van der Waals surface area (Å²) in [6.07, 6.45) is 8.75. The topological polar surface area (TPSA) is 46.9 Å². The van der Waals surface area contributed by atoms with E-state index in [1.807, 2.05) is 41.8 Å². The summed E-state index contributed by atoms with van der Waals surface area (Å²) in [6, 6.07) is 7.56. The number of aryl methyl sites for hydroxylation is 1. The van der Waals surface area contributed by atoms with E-state index in [1.165, 1.54) is 0 Å². The van der Waals surface area contributed by atoms with E-state index < -0.39 is 5.91 Å². The van der Waals surface area contributed by atoms with Gasteiger partial charge in [0.1, 0.15) is 0 Å². The van der Waals surface area contributed by atoms with Gasteiger partial charge < -0.3 is 9.88 Å². The third-order valence-electron chi connectivity index (χ3n) is 2.44. The summed E-state index contributed by atoms with van der Waals surface area (Å²) in [7, 11) is 0. The van der Waals surface area contributed by atoms with Crippen LogP contribution in [0.3, 0.4) is 0 Å². The summed E-state index contributed by atoms with van der Waals surface area (Å²) >= 11 is 0. The lowest BCUT2D eigenvalue weighted by molar-refractivity contribution is -0.111. The smallest absolute Gasteiger partial charge is 0.300 e. The van der Waals surface area contributed by atoms with Crippen LogP contribution in [0.2, 0.25) is 0 Å². The van der Waals surface area contributed by atoms with Crippen LogP contribution in [-0.4, -0.2) is 15.5 Å². The van der Waals surface area contributed by atoms with E-state index in [2.05, 4.69) is 10.3 Å². The number of rotatable bonds is 3. The third kappa shape index (κ3) is 2.98. The van der Waals surface area contributed by atoms with Crippen molar-refractivity contribution in [2.75, 3.05) is 5.32 Å². The van der Waals surface area contributed by atoms with Crippen LogP contribution in [0, 0.1) is 19.3 Å². The fraction of sp³-hybridized carbons (Fsp3) is 0.143. The minimum Gasteiger partial charge on any atom is -0.333 e. The lowest BCUT2D eigenvalue weighted by atomic mass is 10.2. The molecular weight excluding hydrogens is 226 g/mol. The second kappa shape index (κ2) is 5.19. The van der Waals surface area contributed by atoms with Crippen LogP contribution in [0.15, 0.2) is 36.8 Å². The lowest BCUT2D eigenvalue weighted by Gasteiger charge is -2.06. The first-order valence-corrected chi connectivity index (χ1v) is 5.52. The van der Waals surface area contributed by atoms with E-state index in [-0.39, 0.29) is 0 Å². The largest absolute Gasteiger partial charge is 0.333 e. The standard InChI is InChI=1S/C14H13N3O/c1-3-14(18)16-13-6-4-5-12(7-13)9-17-8-11(2)15-10-17/h1,4-8,10H,9H2,2H3,(H,16,18).